The number of hydrogen-bond donors (Lipinski definition) is 3. The number of aryl methyl sites for hydroxylation is 2. The number of rotatable bonds is 3. The Morgan fingerprint density at radius 2 is 1.83 bits per heavy atom. The Balaban J connectivity index is 1.37. The zero-order valence-electron chi connectivity index (χ0n) is 17.7. The molecular formula is C20H29N7O2. The first-order valence-electron chi connectivity index (χ1n) is 9.83. The van der Waals surface area contributed by atoms with Crippen LogP contribution in [0.4, 0.5) is 28.1 Å². The van der Waals surface area contributed by atoms with E-state index in [0.29, 0.717) is 5.95 Å². The largest absolute Gasteiger partial charge is 0.444 e. The number of carbonyl (C=O) groups excluding carboxylic acids is 1. The number of aromatic amines is 1. The van der Waals surface area contributed by atoms with E-state index in [9.17, 15) is 4.79 Å². The van der Waals surface area contributed by atoms with Crippen molar-refractivity contribution in [3.05, 3.63) is 23.3 Å². The summed E-state index contributed by atoms with van der Waals surface area (Å²) in [6.45, 7) is 13.4. The van der Waals surface area contributed by atoms with Crippen LogP contribution < -0.4 is 16.0 Å². The van der Waals surface area contributed by atoms with E-state index < -0.39 is 5.60 Å². The molecule has 1 amide bonds. The van der Waals surface area contributed by atoms with Crippen molar-refractivity contribution >= 4 is 29.4 Å². The van der Waals surface area contributed by atoms with Crippen molar-refractivity contribution < 1.29 is 9.53 Å². The third-order valence-electron chi connectivity index (χ3n) is 5.33. The van der Waals surface area contributed by atoms with Crippen molar-refractivity contribution in [2.45, 2.75) is 40.2 Å². The van der Waals surface area contributed by atoms with Crippen LogP contribution in [0.1, 0.15) is 31.9 Å². The number of nitrogens with one attached hydrogen (secondary N) is 2. The summed E-state index contributed by atoms with van der Waals surface area (Å²) in [4.78, 5) is 20.5. The normalized spacial score (nSPS) is 17.7. The summed E-state index contributed by atoms with van der Waals surface area (Å²) in [5.41, 5.74) is 9.88. The molecular weight excluding hydrogens is 370 g/mol. The summed E-state index contributed by atoms with van der Waals surface area (Å²) in [5, 5.41) is 9.78. The topological polar surface area (TPSA) is 112 Å². The summed E-state index contributed by atoms with van der Waals surface area (Å²) in [7, 11) is 0. The molecule has 4 rings (SSSR count). The lowest BCUT2D eigenvalue weighted by Crippen LogP contribution is -2.73. The van der Waals surface area contributed by atoms with Crippen LogP contribution in [-0.4, -0.2) is 58.0 Å². The zero-order valence-corrected chi connectivity index (χ0v) is 17.7. The van der Waals surface area contributed by atoms with Crippen molar-refractivity contribution in [2.75, 3.05) is 42.1 Å². The van der Waals surface area contributed by atoms with Gasteiger partial charge in [0.05, 0.1) is 0 Å². The van der Waals surface area contributed by atoms with Gasteiger partial charge in [-0.05, 0) is 57.9 Å². The monoisotopic (exact) mass is 399 g/mol. The molecule has 9 nitrogen and oxygen atoms in total. The lowest BCUT2D eigenvalue weighted by Gasteiger charge is -2.61. The Bertz CT molecular complexity index is 910. The molecule has 4 N–H and O–H groups in total. The number of ether oxygens (including phenoxy) is 1. The first-order chi connectivity index (χ1) is 13.5. The number of nitrogens with zero attached hydrogens (tertiary/aromatic N) is 4. The third-order valence-corrected chi connectivity index (χ3v) is 5.33. The predicted molar refractivity (Wildman–Crippen MR) is 112 cm³/mol. The van der Waals surface area contributed by atoms with E-state index in [0.717, 1.165) is 31.9 Å². The van der Waals surface area contributed by atoms with E-state index in [1.807, 2.05) is 20.8 Å². The molecule has 9 heteroatoms. The number of likely N-dealkylation sites (tertiary alicyclic amines) is 1. The number of anilines is 4. The van der Waals surface area contributed by atoms with Gasteiger partial charge < -0.3 is 25.6 Å². The maximum atomic E-state index is 12.2. The van der Waals surface area contributed by atoms with Crippen LogP contribution >= 0.6 is 0 Å². The maximum Gasteiger partial charge on any atom is 0.410 e. The molecule has 0 aliphatic carbocycles. The molecule has 1 spiro atoms. The third kappa shape index (κ3) is 3.81. The van der Waals surface area contributed by atoms with Crippen LogP contribution in [0.2, 0.25) is 0 Å². The van der Waals surface area contributed by atoms with Crippen LogP contribution in [-0.2, 0) is 4.74 Å². The van der Waals surface area contributed by atoms with Gasteiger partial charge in [0.1, 0.15) is 5.60 Å². The highest BCUT2D eigenvalue weighted by molar-refractivity contribution is 5.72. The highest BCUT2D eigenvalue weighted by Gasteiger charge is 2.54. The van der Waals surface area contributed by atoms with Crippen molar-refractivity contribution in [1.82, 2.24) is 20.1 Å². The molecule has 0 atom stereocenters. The van der Waals surface area contributed by atoms with Gasteiger partial charge in [-0.2, -0.15) is 4.98 Å². The summed E-state index contributed by atoms with van der Waals surface area (Å²) >= 11 is 0. The zero-order chi connectivity index (χ0) is 21.0. The molecule has 0 radical (unpaired) electrons. The summed E-state index contributed by atoms with van der Waals surface area (Å²) in [6.07, 6.45) is -0.211. The maximum absolute atomic E-state index is 12.2. The highest BCUT2D eigenvalue weighted by atomic mass is 16.6. The Hall–Kier alpha value is -2.97. The Morgan fingerprint density at radius 1 is 1.21 bits per heavy atom. The number of nitrogen functional groups attached to an aromatic ring is 1. The molecule has 2 aliphatic heterocycles. The fraction of sp³-hybridized carbons (Fsp3) is 0.550. The first-order valence-corrected chi connectivity index (χ1v) is 9.83. The number of aromatic nitrogens is 3. The van der Waals surface area contributed by atoms with Gasteiger partial charge in [-0.25, -0.2) is 9.89 Å². The SMILES string of the molecule is Cc1cc(Nc2nc(N)n[nH]2)cc(C)c1N1CC2(CN(C(=O)OC(C)(C)C)C2)C1. The van der Waals surface area contributed by atoms with Crippen molar-refractivity contribution in [3.63, 3.8) is 0 Å². The van der Waals surface area contributed by atoms with Crippen LogP contribution in [0.25, 0.3) is 0 Å². The van der Waals surface area contributed by atoms with Gasteiger partial charge in [0.2, 0.25) is 11.9 Å². The molecule has 0 bridgehead atoms. The second kappa shape index (κ2) is 6.53. The summed E-state index contributed by atoms with van der Waals surface area (Å²) in [5.74, 6) is 0.734. The number of carbonyl (C=O) groups is 1. The molecule has 2 saturated heterocycles. The summed E-state index contributed by atoms with van der Waals surface area (Å²) in [6, 6.07) is 4.19. The van der Waals surface area contributed by atoms with Crippen LogP contribution in [0.3, 0.4) is 0 Å². The van der Waals surface area contributed by atoms with Crippen LogP contribution in [0.15, 0.2) is 12.1 Å². The van der Waals surface area contributed by atoms with Gasteiger partial charge in [-0.3, -0.25) is 0 Å². The minimum absolute atomic E-state index is 0.198. The minimum atomic E-state index is -0.451. The molecule has 2 aromatic rings. The fourth-order valence-electron chi connectivity index (χ4n) is 4.33. The van der Waals surface area contributed by atoms with Gasteiger partial charge in [0, 0.05) is 43.0 Å². The molecule has 1 aromatic heterocycles. The van der Waals surface area contributed by atoms with Gasteiger partial charge >= 0.3 is 6.09 Å². The molecule has 0 saturated carbocycles. The first kappa shape index (κ1) is 19.4. The van der Waals surface area contributed by atoms with Crippen LogP contribution in [0, 0.1) is 19.3 Å². The Kier molecular flexibility index (Phi) is 4.36. The van der Waals surface area contributed by atoms with E-state index in [4.69, 9.17) is 10.5 Å². The second-order valence-corrected chi connectivity index (χ2v) is 9.32. The second-order valence-electron chi connectivity index (χ2n) is 9.32. The molecule has 2 fully saturated rings. The fourth-order valence-corrected chi connectivity index (χ4v) is 4.33. The van der Waals surface area contributed by atoms with E-state index >= 15 is 0 Å². The van der Waals surface area contributed by atoms with Gasteiger partial charge in [0.15, 0.2) is 0 Å². The average Bonchev–Trinajstić information content (AvgIpc) is 2.89. The van der Waals surface area contributed by atoms with Gasteiger partial charge in [0.25, 0.3) is 0 Å². The Labute approximate surface area is 170 Å². The standard InChI is InChI=1S/C20H29N7O2/c1-12-6-14(22-17-23-16(21)24-25-17)7-13(2)15(12)26-8-20(9-26)10-27(11-20)18(28)29-19(3,4)5/h6-7H,8-11H2,1-5H3,(H4,21,22,23,24,25). The number of hydrogen-bond acceptors (Lipinski definition) is 7. The molecule has 156 valence electrons. The van der Waals surface area contributed by atoms with Gasteiger partial charge in [-0.1, -0.05) is 0 Å². The molecule has 2 aliphatic rings. The minimum Gasteiger partial charge on any atom is -0.444 e. The molecule has 3 heterocycles. The number of H-pyrrole nitrogens is 1. The number of benzene rings is 1. The van der Waals surface area contributed by atoms with E-state index in [2.05, 4.69) is 51.4 Å². The van der Waals surface area contributed by atoms with Crippen molar-refractivity contribution in [2.24, 2.45) is 5.41 Å². The molecule has 0 unspecified atom stereocenters. The lowest BCUT2D eigenvalue weighted by atomic mass is 9.72. The van der Waals surface area contributed by atoms with Crippen molar-refractivity contribution in [1.29, 1.82) is 0 Å². The smallest absolute Gasteiger partial charge is 0.410 e. The predicted octanol–water partition coefficient (Wildman–Crippen LogP) is 2.80. The van der Waals surface area contributed by atoms with Crippen molar-refractivity contribution in [3.8, 4) is 0 Å². The van der Waals surface area contributed by atoms with Gasteiger partial charge in [-0.15, -0.1) is 5.10 Å². The lowest BCUT2D eigenvalue weighted by molar-refractivity contribution is -0.0453. The quantitative estimate of drug-likeness (QED) is 0.727. The molecule has 1 aromatic carbocycles. The van der Waals surface area contributed by atoms with E-state index in [1.165, 1.54) is 16.8 Å². The number of amides is 1. The average molecular weight is 399 g/mol. The molecule has 29 heavy (non-hydrogen) atoms. The van der Waals surface area contributed by atoms with E-state index in [1.54, 1.807) is 4.90 Å². The Morgan fingerprint density at radius 3 is 2.34 bits per heavy atom. The van der Waals surface area contributed by atoms with E-state index in [-0.39, 0.29) is 17.5 Å². The van der Waals surface area contributed by atoms with Crippen LogP contribution in [0.5, 0.6) is 0 Å². The highest BCUT2D eigenvalue weighted by Crippen LogP contribution is 2.44. The summed E-state index contributed by atoms with van der Waals surface area (Å²) < 4.78 is 5.46. The number of nitrogens with two attached hydrogens (primary N) is 1.